The van der Waals surface area contributed by atoms with Gasteiger partial charge in [-0.15, -0.1) is 0 Å². The fraction of sp³-hybridized carbons (Fsp3) is 0. The van der Waals surface area contributed by atoms with Gasteiger partial charge in [0.1, 0.15) is 0 Å². The summed E-state index contributed by atoms with van der Waals surface area (Å²) in [5.74, 6) is 0. The average Bonchev–Trinajstić information content (AvgIpc) is 1.56. The molecule has 8 heteroatoms. The summed E-state index contributed by atoms with van der Waals surface area (Å²) in [6.45, 7) is 0. The van der Waals surface area contributed by atoms with Crippen LogP contribution in [0.4, 0.5) is 0 Å². The number of benzene rings is 20. The lowest BCUT2D eigenvalue weighted by Crippen LogP contribution is -2.01. The number of nitrogens with zero attached hydrogens (tertiary/aromatic N) is 8. The van der Waals surface area contributed by atoms with E-state index in [1.54, 1.807) is 0 Å². The molecule has 0 spiro atoms. The highest BCUT2D eigenvalue weighted by Crippen LogP contribution is 2.50. The third-order valence-electron chi connectivity index (χ3n) is 27.6. The summed E-state index contributed by atoms with van der Waals surface area (Å²) >= 11 is 0. The molecule has 0 unspecified atom stereocenters. The minimum Gasteiger partial charge on any atom is -0.309 e. The van der Waals surface area contributed by atoms with Crippen LogP contribution in [0.3, 0.4) is 0 Å². The molecule has 0 saturated heterocycles. The van der Waals surface area contributed by atoms with Gasteiger partial charge in [0.25, 0.3) is 0 Å². The van der Waals surface area contributed by atoms with E-state index in [1.807, 2.05) is 0 Å². The van der Waals surface area contributed by atoms with Gasteiger partial charge in [-0.3, -0.25) is 0 Å². The highest BCUT2D eigenvalue weighted by atomic mass is 15.1. The molecule has 8 aromatic heterocycles. The second kappa shape index (κ2) is 27.1. The van der Waals surface area contributed by atoms with E-state index in [0.717, 1.165) is 145 Å². The molecular weight excluding hydrogens is 1550 g/mol. The molecule has 8 nitrogen and oxygen atoms in total. The summed E-state index contributed by atoms with van der Waals surface area (Å²) in [5, 5.41) is 19.4. The molecule has 0 aliphatic carbocycles. The third kappa shape index (κ3) is 9.93. The number of hydrogen-bond acceptors (Lipinski definition) is 0. The van der Waals surface area contributed by atoms with Crippen molar-refractivity contribution in [3.05, 3.63) is 449 Å². The zero-order chi connectivity index (χ0) is 83.5. The summed E-state index contributed by atoms with van der Waals surface area (Å²) in [5.41, 5.74) is 34.2. The Morgan fingerprint density at radius 2 is 0.367 bits per heavy atom. The van der Waals surface area contributed by atoms with Crippen molar-refractivity contribution in [1.82, 2.24) is 36.5 Å². The molecule has 0 aliphatic heterocycles. The molecule has 0 atom stereocenters. The van der Waals surface area contributed by atoms with Crippen molar-refractivity contribution in [3.63, 3.8) is 0 Å². The van der Waals surface area contributed by atoms with Crippen molar-refractivity contribution < 1.29 is 0 Å². The van der Waals surface area contributed by atoms with E-state index in [-0.39, 0.29) is 0 Å². The van der Waals surface area contributed by atoms with E-state index in [4.69, 9.17) is 0 Å². The topological polar surface area (TPSA) is 39.4 Å². The predicted octanol–water partition coefficient (Wildman–Crippen LogP) is 31.5. The molecule has 0 saturated carbocycles. The third-order valence-corrected chi connectivity index (χ3v) is 27.6. The van der Waals surface area contributed by atoms with Crippen LogP contribution in [0, 0.1) is 0 Å². The van der Waals surface area contributed by atoms with Crippen molar-refractivity contribution in [1.29, 1.82) is 0 Å². The minimum absolute atomic E-state index is 1.09. The number of hydrogen-bond donors (Lipinski definition) is 0. The van der Waals surface area contributed by atoms with Gasteiger partial charge in [0, 0.05) is 131 Å². The van der Waals surface area contributed by atoms with Gasteiger partial charge < -0.3 is 36.5 Å². The first-order valence-electron chi connectivity index (χ1n) is 44.1. The van der Waals surface area contributed by atoms with Gasteiger partial charge in [-0.05, 0) is 181 Å². The summed E-state index contributed by atoms with van der Waals surface area (Å²) in [7, 11) is 0. The summed E-state index contributed by atoms with van der Waals surface area (Å²) in [6, 6.07) is 167. The minimum atomic E-state index is 1.09. The van der Waals surface area contributed by atoms with Gasteiger partial charge in [0.15, 0.2) is 0 Å². The van der Waals surface area contributed by atoms with Crippen LogP contribution in [0.2, 0.25) is 0 Å². The van der Waals surface area contributed by atoms with E-state index in [9.17, 15) is 0 Å². The Bertz CT molecular complexity index is 9550. The molecule has 0 bridgehead atoms. The summed E-state index contributed by atoms with van der Waals surface area (Å²) < 4.78 is 19.9. The Labute approximate surface area is 733 Å². The zero-order valence-corrected chi connectivity index (χ0v) is 69.3. The standard InChI is InChI=1S/C120H74N8/c1-3-31-77(32-4-1)121-107-56-28-16-44-92(107)117-113(121)69-70-114-118(117)93-45-17-29-57-108(93)123(114)80-62-67-112-97(74-80)90-63-59-76(72-116(90)128(112)105-54-26-12-40-86(105)84-38-9-23-51-102(84)125-100-49-21-7-35-81(100)82-36-8-22-50-101(82)125)75-60-65-110-95(71-75)88-42-14-19-47-98(88)122(110)79-61-66-111-96(73-79)89-43-15-27-55-106(89)126(111)103-52-24-10-37-83(103)85-39-11-25-53-104(85)127-109-58-30-18-46-94(109)119-115(127)68-64-91-87-41-13-20-48-99(87)124(120(91)119)78-33-5-2-6-34-78/h1-74H. The van der Waals surface area contributed by atoms with Gasteiger partial charge >= 0.3 is 0 Å². The highest BCUT2D eigenvalue weighted by molar-refractivity contribution is 6.30. The van der Waals surface area contributed by atoms with E-state index >= 15 is 0 Å². The number of rotatable bonds is 11. The van der Waals surface area contributed by atoms with Crippen LogP contribution in [-0.2, 0) is 0 Å². The Morgan fingerprint density at radius 3 is 0.836 bits per heavy atom. The van der Waals surface area contributed by atoms with Crippen LogP contribution >= 0.6 is 0 Å². The lowest BCUT2D eigenvalue weighted by atomic mass is 10.00. The van der Waals surface area contributed by atoms with E-state index in [1.165, 1.54) is 109 Å². The van der Waals surface area contributed by atoms with Gasteiger partial charge in [-0.1, -0.05) is 279 Å². The quantitative estimate of drug-likeness (QED) is 0.124. The SMILES string of the molecule is c1ccc(-n2c3ccccc3c3c4c5ccccc5n(-c5ccc6c(c5)c5ccc(-c7ccc8c(c7)c7ccccc7n8-c7ccc8c(c7)c7ccccc7n8-c7ccccc7-c7ccccc7-n7c8ccccc8c8c7ccc7c9ccccc9n(-c9ccccc9)c78)cc5n6-c5ccccc5-c5ccccc5-n5c6ccccc6c6ccccc65)c4ccc32)cc1. The smallest absolute Gasteiger partial charge is 0.0641 e. The molecule has 0 aliphatic rings. The number of aromatic nitrogens is 8. The molecular formula is C120H74N8. The van der Waals surface area contributed by atoms with Gasteiger partial charge in [0.05, 0.1) is 111 Å². The van der Waals surface area contributed by atoms with Crippen LogP contribution in [0.5, 0.6) is 0 Å². The average molecular weight is 1630 g/mol. The monoisotopic (exact) mass is 1630 g/mol. The highest BCUT2D eigenvalue weighted by Gasteiger charge is 2.29. The van der Waals surface area contributed by atoms with Crippen LogP contribution in [0.1, 0.15) is 0 Å². The zero-order valence-electron chi connectivity index (χ0n) is 69.3. The summed E-state index contributed by atoms with van der Waals surface area (Å²) in [4.78, 5) is 0. The Balaban J connectivity index is 0.605. The van der Waals surface area contributed by atoms with Crippen molar-refractivity contribution >= 4 is 174 Å². The maximum absolute atomic E-state index is 2.55. The van der Waals surface area contributed by atoms with Crippen LogP contribution in [0.15, 0.2) is 449 Å². The largest absolute Gasteiger partial charge is 0.309 e. The molecule has 0 radical (unpaired) electrons. The fourth-order valence-corrected chi connectivity index (χ4v) is 22.4. The van der Waals surface area contributed by atoms with E-state index in [0.29, 0.717) is 0 Å². The Kier molecular flexibility index (Phi) is 14.9. The Morgan fingerprint density at radius 1 is 0.117 bits per heavy atom. The van der Waals surface area contributed by atoms with Gasteiger partial charge in [-0.25, -0.2) is 0 Å². The maximum Gasteiger partial charge on any atom is 0.0641 e. The van der Waals surface area contributed by atoms with E-state index in [2.05, 4.69) is 485 Å². The molecule has 0 N–H and O–H groups in total. The molecule has 8 heterocycles. The first-order chi connectivity index (χ1) is 63.6. The first-order valence-corrected chi connectivity index (χ1v) is 44.1. The van der Waals surface area contributed by atoms with Crippen LogP contribution < -0.4 is 0 Å². The van der Waals surface area contributed by atoms with Gasteiger partial charge in [-0.2, -0.15) is 0 Å². The lowest BCUT2D eigenvalue weighted by molar-refractivity contribution is 1.15. The fourth-order valence-electron chi connectivity index (χ4n) is 22.4. The van der Waals surface area contributed by atoms with Crippen LogP contribution in [0.25, 0.3) is 253 Å². The molecule has 28 aromatic rings. The predicted molar refractivity (Wildman–Crippen MR) is 537 cm³/mol. The number of fused-ring (bicyclic) bond motifs is 26. The van der Waals surface area contributed by atoms with Crippen LogP contribution in [-0.4, -0.2) is 36.5 Å². The van der Waals surface area contributed by atoms with Crippen molar-refractivity contribution in [3.8, 4) is 78.9 Å². The van der Waals surface area contributed by atoms with Crippen molar-refractivity contribution in [2.75, 3.05) is 0 Å². The van der Waals surface area contributed by atoms with Gasteiger partial charge in [0.2, 0.25) is 0 Å². The summed E-state index contributed by atoms with van der Waals surface area (Å²) in [6.07, 6.45) is 0. The second-order valence-electron chi connectivity index (χ2n) is 34.1. The maximum atomic E-state index is 2.55. The molecule has 28 rings (SSSR count). The second-order valence-corrected chi connectivity index (χ2v) is 34.1. The molecule has 128 heavy (non-hydrogen) atoms. The van der Waals surface area contributed by atoms with E-state index < -0.39 is 0 Å². The molecule has 0 amide bonds. The normalized spacial score (nSPS) is 12.2. The lowest BCUT2D eigenvalue weighted by Gasteiger charge is -2.18. The molecule has 594 valence electrons. The van der Waals surface area contributed by atoms with Crippen molar-refractivity contribution in [2.45, 2.75) is 0 Å². The molecule has 0 fully saturated rings. The Hall–Kier alpha value is -17.2. The number of para-hydroxylation sites is 14. The van der Waals surface area contributed by atoms with Crippen molar-refractivity contribution in [2.24, 2.45) is 0 Å². The first kappa shape index (κ1) is 70.3. The molecule has 20 aromatic carbocycles.